The number of likely N-dealkylation sites (N-methyl/N-ethyl adjacent to an activating group) is 1. The Morgan fingerprint density at radius 3 is 2.53 bits per heavy atom. The van der Waals surface area contributed by atoms with Crippen molar-refractivity contribution in [3.63, 3.8) is 0 Å². The van der Waals surface area contributed by atoms with Gasteiger partial charge in [-0.05, 0) is 38.2 Å². The number of nitrogens with one attached hydrogen (secondary N) is 1. The Morgan fingerprint density at radius 1 is 1.42 bits per heavy atom. The molecule has 0 saturated heterocycles. The van der Waals surface area contributed by atoms with Gasteiger partial charge in [0, 0.05) is 18.2 Å². The lowest BCUT2D eigenvalue weighted by Crippen LogP contribution is -2.43. The minimum Gasteiger partial charge on any atom is -0.505 e. The number of phenols is 1. The van der Waals surface area contributed by atoms with E-state index in [1.54, 1.807) is 0 Å². The van der Waals surface area contributed by atoms with Crippen LogP contribution in [0.25, 0.3) is 0 Å². The number of hydrogen-bond donors (Lipinski definition) is 2. The number of carbonyl (C=O) groups is 1. The van der Waals surface area contributed by atoms with Crippen molar-refractivity contribution < 1.29 is 14.3 Å². The van der Waals surface area contributed by atoms with Gasteiger partial charge in [-0.3, -0.25) is 4.79 Å². The molecular weight excluding hydrogens is 247 g/mol. The van der Waals surface area contributed by atoms with Gasteiger partial charge >= 0.3 is 0 Å². The molecule has 2 N–H and O–H groups in total. The largest absolute Gasteiger partial charge is 0.505 e. The van der Waals surface area contributed by atoms with Gasteiger partial charge in [-0.2, -0.15) is 0 Å². The van der Waals surface area contributed by atoms with E-state index >= 15 is 0 Å². The molecule has 1 rings (SSSR count). The number of benzene rings is 1. The third-order valence-corrected chi connectivity index (χ3v) is 3.11. The van der Waals surface area contributed by atoms with Crippen molar-refractivity contribution in [2.75, 3.05) is 20.6 Å². The summed E-state index contributed by atoms with van der Waals surface area (Å²) in [5, 5.41) is 11.9. The molecule has 0 saturated carbocycles. The lowest BCUT2D eigenvalue weighted by atomic mass is 10.0. The number of amides is 1. The predicted octanol–water partition coefficient (Wildman–Crippen LogP) is 1.85. The van der Waals surface area contributed by atoms with Gasteiger partial charge in [0.25, 0.3) is 5.91 Å². The van der Waals surface area contributed by atoms with E-state index < -0.39 is 11.6 Å². The molecule has 5 heteroatoms. The Morgan fingerprint density at radius 2 is 2.05 bits per heavy atom. The van der Waals surface area contributed by atoms with E-state index in [0.29, 0.717) is 12.5 Å². The van der Waals surface area contributed by atoms with Crippen LogP contribution in [-0.2, 0) is 0 Å². The molecule has 0 aromatic heterocycles. The number of nitrogens with zero attached hydrogens (tertiary/aromatic N) is 1. The minimum atomic E-state index is -0.791. The van der Waals surface area contributed by atoms with Crippen LogP contribution in [0.2, 0.25) is 0 Å². The van der Waals surface area contributed by atoms with Gasteiger partial charge < -0.3 is 15.3 Å². The first-order valence-corrected chi connectivity index (χ1v) is 6.26. The van der Waals surface area contributed by atoms with E-state index in [0.717, 1.165) is 6.07 Å². The molecular formula is C14H21FN2O2. The van der Waals surface area contributed by atoms with E-state index in [9.17, 15) is 9.18 Å². The highest BCUT2D eigenvalue weighted by Gasteiger charge is 2.17. The number of rotatable bonds is 5. The number of phenolic OH excluding ortho intramolecular Hbond substituents is 1. The number of carbonyl (C=O) groups excluding carboxylic acids is 1. The Hall–Kier alpha value is -1.62. The summed E-state index contributed by atoms with van der Waals surface area (Å²) in [5.41, 5.74) is 0.205. The second-order valence-electron chi connectivity index (χ2n) is 5.15. The van der Waals surface area contributed by atoms with E-state index in [1.165, 1.54) is 12.1 Å². The van der Waals surface area contributed by atoms with Crippen molar-refractivity contribution in [2.24, 2.45) is 5.92 Å². The Kier molecular flexibility index (Phi) is 5.30. The van der Waals surface area contributed by atoms with Gasteiger partial charge in [0.05, 0.1) is 0 Å². The molecule has 0 heterocycles. The highest BCUT2D eigenvalue weighted by atomic mass is 19.1. The molecule has 19 heavy (non-hydrogen) atoms. The van der Waals surface area contributed by atoms with Crippen LogP contribution in [0.1, 0.15) is 24.2 Å². The fraction of sp³-hybridized carbons (Fsp3) is 0.500. The summed E-state index contributed by atoms with van der Waals surface area (Å²) in [6.07, 6.45) is 0. The smallest absolute Gasteiger partial charge is 0.251 e. The van der Waals surface area contributed by atoms with Gasteiger partial charge in [0.15, 0.2) is 11.6 Å². The average Bonchev–Trinajstić information content (AvgIpc) is 2.31. The van der Waals surface area contributed by atoms with Crippen molar-refractivity contribution in [3.05, 3.63) is 29.6 Å². The second kappa shape index (κ2) is 6.52. The van der Waals surface area contributed by atoms with Gasteiger partial charge in [-0.15, -0.1) is 0 Å². The van der Waals surface area contributed by atoms with Crippen molar-refractivity contribution in [3.8, 4) is 5.75 Å². The quantitative estimate of drug-likeness (QED) is 0.857. The summed E-state index contributed by atoms with van der Waals surface area (Å²) in [5.74, 6) is -1.19. The van der Waals surface area contributed by atoms with Gasteiger partial charge in [-0.1, -0.05) is 13.8 Å². The summed E-state index contributed by atoms with van der Waals surface area (Å²) in [6.45, 7) is 4.65. The molecule has 0 radical (unpaired) electrons. The van der Waals surface area contributed by atoms with Gasteiger partial charge in [-0.25, -0.2) is 4.39 Å². The first kappa shape index (κ1) is 15.4. The van der Waals surface area contributed by atoms with E-state index in [4.69, 9.17) is 5.11 Å². The maximum atomic E-state index is 13.2. The lowest BCUT2D eigenvalue weighted by molar-refractivity contribution is 0.0934. The van der Waals surface area contributed by atoms with Crippen LogP contribution >= 0.6 is 0 Å². The normalized spacial score (nSPS) is 12.8. The monoisotopic (exact) mass is 268 g/mol. The number of halogens is 1. The van der Waals surface area contributed by atoms with E-state index in [2.05, 4.69) is 19.2 Å². The molecule has 0 bridgehead atoms. The average molecular weight is 268 g/mol. The van der Waals surface area contributed by atoms with Gasteiger partial charge in [0.2, 0.25) is 0 Å². The number of hydrogen-bond acceptors (Lipinski definition) is 3. The lowest BCUT2D eigenvalue weighted by Gasteiger charge is -2.28. The van der Waals surface area contributed by atoms with Crippen LogP contribution < -0.4 is 5.32 Å². The fourth-order valence-corrected chi connectivity index (χ4v) is 1.96. The maximum Gasteiger partial charge on any atom is 0.251 e. The topological polar surface area (TPSA) is 52.6 Å². The predicted molar refractivity (Wildman–Crippen MR) is 72.7 cm³/mol. The van der Waals surface area contributed by atoms with Crippen LogP contribution in [0.15, 0.2) is 18.2 Å². The zero-order valence-electron chi connectivity index (χ0n) is 11.8. The molecule has 0 spiro atoms. The van der Waals surface area contributed by atoms with Crippen molar-refractivity contribution >= 4 is 5.91 Å². The molecule has 0 aliphatic heterocycles. The molecule has 1 aromatic carbocycles. The van der Waals surface area contributed by atoms with Crippen LogP contribution in [0.5, 0.6) is 5.75 Å². The van der Waals surface area contributed by atoms with Gasteiger partial charge in [0.1, 0.15) is 0 Å². The third kappa shape index (κ3) is 4.21. The second-order valence-corrected chi connectivity index (χ2v) is 5.15. The SMILES string of the molecule is CC(C)[C@@H](CNC(=O)c1ccc(O)c(F)c1)N(C)C. The zero-order chi connectivity index (χ0) is 14.6. The molecule has 0 unspecified atom stereocenters. The highest BCUT2D eigenvalue weighted by Crippen LogP contribution is 2.16. The molecule has 0 aliphatic carbocycles. The Balaban J connectivity index is 2.66. The Labute approximate surface area is 113 Å². The molecule has 4 nitrogen and oxygen atoms in total. The first-order chi connectivity index (χ1) is 8.82. The van der Waals surface area contributed by atoms with Crippen molar-refractivity contribution in [2.45, 2.75) is 19.9 Å². The fourth-order valence-electron chi connectivity index (χ4n) is 1.96. The molecule has 0 aliphatic rings. The summed E-state index contributed by atoms with van der Waals surface area (Å²) >= 11 is 0. The first-order valence-electron chi connectivity index (χ1n) is 6.26. The summed E-state index contributed by atoms with van der Waals surface area (Å²) < 4.78 is 13.2. The Bertz CT molecular complexity index is 439. The molecule has 1 atom stereocenters. The summed E-state index contributed by atoms with van der Waals surface area (Å²) in [4.78, 5) is 13.9. The van der Waals surface area contributed by atoms with Crippen molar-refractivity contribution in [1.82, 2.24) is 10.2 Å². The maximum absolute atomic E-state index is 13.2. The van der Waals surface area contributed by atoms with E-state index in [1.807, 2.05) is 19.0 Å². The van der Waals surface area contributed by atoms with Crippen LogP contribution in [0.3, 0.4) is 0 Å². The molecule has 106 valence electrons. The van der Waals surface area contributed by atoms with Crippen LogP contribution in [-0.4, -0.2) is 42.6 Å². The molecule has 1 aromatic rings. The molecule has 1 amide bonds. The van der Waals surface area contributed by atoms with Crippen LogP contribution in [0, 0.1) is 11.7 Å². The summed E-state index contributed by atoms with van der Waals surface area (Å²) in [7, 11) is 3.91. The highest BCUT2D eigenvalue weighted by molar-refractivity contribution is 5.94. The third-order valence-electron chi connectivity index (χ3n) is 3.11. The zero-order valence-corrected chi connectivity index (χ0v) is 11.8. The van der Waals surface area contributed by atoms with Crippen molar-refractivity contribution in [1.29, 1.82) is 0 Å². The summed E-state index contributed by atoms with van der Waals surface area (Å²) in [6, 6.07) is 3.82. The number of aromatic hydroxyl groups is 1. The van der Waals surface area contributed by atoms with Crippen LogP contribution in [0.4, 0.5) is 4.39 Å². The minimum absolute atomic E-state index is 0.205. The standard InChI is InChI=1S/C14H21FN2O2/c1-9(2)12(17(3)4)8-16-14(19)10-5-6-13(18)11(15)7-10/h5-7,9,12,18H,8H2,1-4H3,(H,16,19)/t12-/m1/s1. The van der Waals surface area contributed by atoms with E-state index in [-0.39, 0.29) is 17.5 Å². The molecule has 0 fully saturated rings.